The quantitative estimate of drug-likeness (QED) is 0.654. The second-order valence-corrected chi connectivity index (χ2v) is 4.16. The molecule has 0 amide bonds. The van der Waals surface area contributed by atoms with Crippen LogP contribution in [-0.2, 0) is 6.42 Å². The molecule has 1 heterocycles. The third-order valence-electron chi connectivity index (χ3n) is 2.97. The second-order valence-electron chi connectivity index (χ2n) is 4.16. The van der Waals surface area contributed by atoms with Crippen molar-refractivity contribution in [2.24, 2.45) is 0 Å². The lowest BCUT2D eigenvalue weighted by Crippen LogP contribution is -2.44. The molecule has 0 saturated carbocycles. The third-order valence-corrected chi connectivity index (χ3v) is 2.97. The average Bonchev–Trinajstić information content (AvgIpc) is 2.32. The zero-order chi connectivity index (χ0) is 11.4. The van der Waals surface area contributed by atoms with Gasteiger partial charge in [-0.2, -0.15) is 0 Å². The standard InChI is InChI=1S/C12H18N2O2/c15-11-2-1-10(9-12(11)16)3-6-14-7-4-13-5-8-14/h1-2,9,13,15-16H,3-8H2. The number of piperazine rings is 1. The molecular weight excluding hydrogens is 204 g/mol. The number of hydrogen-bond acceptors (Lipinski definition) is 4. The van der Waals surface area contributed by atoms with Gasteiger partial charge in [-0.25, -0.2) is 0 Å². The molecule has 4 nitrogen and oxygen atoms in total. The molecule has 0 unspecified atom stereocenters. The Morgan fingerprint density at radius 2 is 1.88 bits per heavy atom. The topological polar surface area (TPSA) is 55.7 Å². The van der Waals surface area contributed by atoms with Crippen LogP contribution in [-0.4, -0.2) is 47.8 Å². The summed E-state index contributed by atoms with van der Waals surface area (Å²) in [4.78, 5) is 2.40. The Kier molecular flexibility index (Phi) is 3.64. The van der Waals surface area contributed by atoms with Crippen molar-refractivity contribution in [1.82, 2.24) is 10.2 Å². The van der Waals surface area contributed by atoms with E-state index < -0.39 is 0 Å². The van der Waals surface area contributed by atoms with Crippen LogP contribution in [0.5, 0.6) is 11.5 Å². The summed E-state index contributed by atoms with van der Waals surface area (Å²) < 4.78 is 0. The minimum atomic E-state index is -0.0501. The highest BCUT2D eigenvalue weighted by atomic mass is 16.3. The molecule has 1 aliphatic heterocycles. The van der Waals surface area contributed by atoms with Gasteiger partial charge in [-0.15, -0.1) is 0 Å². The number of nitrogens with zero attached hydrogens (tertiary/aromatic N) is 1. The summed E-state index contributed by atoms with van der Waals surface area (Å²) in [5, 5.41) is 21.9. The van der Waals surface area contributed by atoms with E-state index in [4.69, 9.17) is 0 Å². The van der Waals surface area contributed by atoms with Gasteiger partial charge >= 0.3 is 0 Å². The highest BCUT2D eigenvalue weighted by Gasteiger charge is 2.09. The fourth-order valence-electron chi connectivity index (χ4n) is 1.95. The monoisotopic (exact) mass is 222 g/mol. The van der Waals surface area contributed by atoms with Gasteiger partial charge in [0.1, 0.15) is 0 Å². The first-order valence-corrected chi connectivity index (χ1v) is 5.69. The van der Waals surface area contributed by atoms with Crippen molar-refractivity contribution in [2.45, 2.75) is 6.42 Å². The molecular formula is C12H18N2O2. The number of phenols is 2. The number of aromatic hydroxyl groups is 2. The van der Waals surface area contributed by atoms with Gasteiger partial charge in [0.05, 0.1) is 0 Å². The van der Waals surface area contributed by atoms with E-state index >= 15 is 0 Å². The Bertz CT molecular complexity index is 349. The van der Waals surface area contributed by atoms with Crippen molar-refractivity contribution in [3.8, 4) is 11.5 Å². The molecule has 1 aromatic rings. The van der Waals surface area contributed by atoms with Crippen molar-refractivity contribution in [2.75, 3.05) is 32.7 Å². The molecule has 0 aromatic heterocycles. The van der Waals surface area contributed by atoms with E-state index in [1.807, 2.05) is 6.07 Å². The molecule has 1 aromatic carbocycles. The molecule has 88 valence electrons. The lowest BCUT2D eigenvalue weighted by Gasteiger charge is -2.27. The van der Waals surface area contributed by atoms with E-state index in [2.05, 4.69) is 10.2 Å². The molecule has 0 radical (unpaired) electrons. The maximum absolute atomic E-state index is 9.36. The van der Waals surface area contributed by atoms with Crippen LogP contribution in [0.2, 0.25) is 0 Å². The molecule has 0 atom stereocenters. The SMILES string of the molecule is Oc1ccc(CCN2CCNCC2)cc1O. The van der Waals surface area contributed by atoms with Gasteiger partial charge in [0.15, 0.2) is 11.5 Å². The van der Waals surface area contributed by atoms with Gasteiger partial charge in [-0.1, -0.05) is 6.07 Å². The van der Waals surface area contributed by atoms with Crippen molar-refractivity contribution in [3.05, 3.63) is 23.8 Å². The van der Waals surface area contributed by atoms with Crippen molar-refractivity contribution < 1.29 is 10.2 Å². The first-order chi connectivity index (χ1) is 7.75. The summed E-state index contributed by atoms with van der Waals surface area (Å²) >= 11 is 0. The van der Waals surface area contributed by atoms with Crippen LogP contribution >= 0.6 is 0 Å². The van der Waals surface area contributed by atoms with Gasteiger partial charge in [-0.3, -0.25) is 0 Å². The van der Waals surface area contributed by atoms with Crippen molar-refractivity contribution in [3.63, 3.8) is 0 Å². The number of rotatable bonds is 3. The molecule has 2 rings (SSSR count). The Labute approximate surface area is 95.5 Å². The Morgan fingerprint density at radius 1 is 1.12 bits per heavy atom. The minimum absolute atomic E-state index is 0.0298. The molecule has 16 heavy (non-hydrogen) atoms. The average molecular weight is 222 g/mol. The van der Waals surface area contributed by atoms with Gasteiger partial charge < -0.3 is 20.4 Å². The lowest BCUT2D eigenvalue weighted by molar-refractivity contribution is 0.244. The highest BCUT2D eigenvalue weighted by Crippen LogP contribution is 2.25. The first kappa shape index (κ1) is 11.2. The molecule has 0 aliphatic carbocycles. The Morgan fingerprint density at radius 3 is 2.56 bits per heavy atom. The van der Waals surface area contributed by atoms with E-state index in [9.17, 15) is 10.2 Å². The van der Waals surface area contributed by atoms with E-state index in [0.29, 0.717) is 0 Å². The van der Waals surface area contributed by atoms with Gasteiger partial charge in [-0.05, 0) is 24.1 Å². The smallest absolute Gasteiger partial charge is 0.157 e. The van der Waals surface area contributed by atoms with Gasteiger partial charge in [0.25, 0.3) is 0 Å². The molecule has 1 saturated heterocycles. The minimum Gasteiger partial charge on any atom is -0.504 e. The predicted molar refractivity (Wildman–Crippen MR) is 62.8 cm³/mol. The maximum Gasteiger partial charge on any atom is 0.157 e. The zero-order valence-corrected chi connectivity index (χ0v) is 9.32. The fourth-order valence-corrected chi connectivity index (χ4v) is 1.95. The number of phenolic OH excluding ortho intramolecular Hbond substituents is 2. The molecule has 1 fully saturated rings. The number of benzene rings is 1. The maximum atomic E-state index is 9.36. The number of nitrogens with one attached hydrogen (secondary N) is 1. The van der Waals surface area contributed by atoms with Gasteiger partial charge in [0.2, 0.25) is 0 Å². The van der Waals surface area contributed by atoms with E-state index in [0.717, 1.165) is 44.7 Å². The lowest BCUT2D eigenvalue weighted by atomic mass is 10.1. The summed E-state index contributed by atoms with van der Waals surface area (Å²) in [5.41, 5.74) is 1.06. The second kappa shape index (κ2) is 5.18. The van der Waals surface area contributed by atoms with Crippen LogP contribution in [0.1, 0.15) is 5.56 Å². The normalized spacial score (nSPS) is 17.5. The zero-order valence-electron chi connectivity index (χ0n) is 9.32. The summed E-state index contributed by atoms with van der Waals surface area (Å²) in [5.74, 6) is -0.0799. The van der Waals surface area contributed by atoms with Crippen molar-refractivity contribution >= 4 is 0 Å². The third kappa shape index (κ3) is 2.87. The van der Waals surface area contributed by atoms with E-state index in [-0.39, 0.29) is 11.5 Å². The molecule has 4 heteroatoms. The summed E-state index contributed by atoms with van der Waals surface area (Å²) in [6.07, 6.45) is 0.911. The van der Waals surface area contributed by atoms with E-state index in [1.165, 1.54) is 0 Å². The molecule has 3 N–H and O–H groups in total. The van der Waals surface area contributed by atoms with Crippen LogP contribution in [0.3, 0.4) is 0 Å². The Balaban J connectivity index is 1.86. The van der Waals surface area contributed by atoms with Crippen LogP contribution in [0, 0.1) is 0 Å². The number of hydrogen-bond donors (Lipinski definition) is 3. The highest BCUT2D eigenvalue weighted by molar-refractivity contribution is 5.40. The largest absolute Gasteiger partial charge is 0.504 e. The summed E-state index contributed by atoms with van der Waals surface area (Å²) in [7, 11) is 0. The fraction of sp³-hybridized carbons (Fsp3) is 0.500. The van der Waals surface area contributed by atoms with Crippen LogP contribution in [0.25, 0.3) is 0 Å². The Hall–Kier alpha value is -1.26. The van der Waals surface area contributed by atoms with E-state index in [1.54, 1.807) is 12.1 Å². The molecule has 1 aliphatic rings. The van der Waals surface area contributed by atoms with Crippen LogP contribution in [0.15, 0.2) is 18.2 Å². The van der Waals surface area contributed by atoms with Gasteiger partial charge in [0, 0.05) is 32.7 Å². The van der Waals surface area contributed by atoms with Crippen LogP contribution in [0.4, 0.5) is 0 Å². The summed E-state index contributed by atoms with van der Waals surface area (Å²) in [6.45, 7) is 5.29. The van der Waals surface area contributed by atoms with Crippen LogP contribution < -0.4 is 5.32 Å². The summed E-state index contributed by atoms with van der Waals surface area (Å²) in [6, 6.07) is 5.04. The predicted octanol–water partition coefficient (Wildman–Crippen LogP) is 0.545. The first-order valence-electron chi connectivity index (χ1n) is 5.69. The van der Waals surface area contributed by atoms with Crippen molar-refractivity contribution in [1.29, 1.82) is 0 Å². The molecule has 0 spiro atoms. The molecule has 0 bridgehead atoms.